The molecule has 100 valence electrons. The van der Waals surface area contributed by atoms with Gasteiger partial charge >= 0.3 is 0 Å². The molecule has 0 unspecified atom stereocenters. The molecule has 0 bridgehead atoms. The van der Waals surface area contributed by atoms with Crippen LogP contribution in [0.1, 0.15) is 16.7 Å². The molecule has 0 aromatic heterocycles. The van der Waals surface area contributed by atoms with Gasteiger partial charge in [0.25, 0.3) is 0 Å². The standard InChI is InChI=1S/C16H17Cl2N/c1-12-10-16(18)7-4-14(12)11-19-9-8-13-2-5-15(17)6-3-13/h2-7,10,19H,8-9,11H2,1H3. The van der Waals surface area contributed by atoms with Gasteiger partial charge in [0.1, 0.15) is 0 Å². The average Bonchev–Trinajstić information content (AvgIpc) is 2.39. The van der Waals surface area contributed by atoms with Crippen molar-refractivity contribution in [3.8, 4) is 0 Å². The molecule has 2 aromatic carbocycles. The molecule has 0 aliphatic rings. The molecule has 1 N–H and O–H groups in total. The Labute approximate surface area is 124 Å². The van der Waals surface area contributed by atoms with Gasteiger partial charge in [-0.2, -0.15) is 0 Å². The second kappa shape index (κ2) is 6.95. The first-order valence-electron chi connectivity index (χ1n) is 6.35. The van der Waals surface area contributed by atoms with Crippen molar-refractivity contribution in [2.24, 2.45) is 0 Å². The summed E-state index contributed by atoms with van der Waals surface area (Å²) in [5.74, 6) is 0. The van der Waals surface area contributed by atoms with Crippen LogP contribution >= 0.6 is 23.2 Å². The minimum Gasteiger partial charge on any atom is -0.312 e. The molecule has 19 heavy (non-hydrogen) atoms. The van der Waals surface area contributed by atoms with Crippen LogP contribution in [0.2, 0.25) is 10.0 Å². The van der Waals surface area contributed by atoms with Gasteiger partial charge in [0.05, 0.1) is 0 Å². The number of nitrogens with one attached hydrogen (secondary N) is 1. The van der Waals surface area contributed by atoms with Crippen LogP contribution in [0.15, 0.2) is 42.5 Å². The van der Waals surface area contributed by atoms with Crippen LogP contribution in [-0.4, -0.2) is 6.54 Å². The molecule has 2 rings (SSSR count). The fourth-order valence-electron chi connectivity index (χ4n) is 1.96. The van der Waals surface area contributed by atoms with E-state index < -0.39 is 0 Å². The lowest BCUT2D eigenvalue weighted by Gasteiger charge is -2.08. The Morgan fingerprint density at radius 1 is 0.947 bits per heavy atom. The van der Waals surface area contributed by atoms with Crippen LogP contribution in [0.4, 0.5) is 0 Å². The molecular formula is C16H17Cl2N. The lowest BCUT2D eigenvalue weighted by molar-refractivity contribution is 0.684. The number of hydrogen-bond acceptors (Lipinski definition) is 1. The zero-order valence-corrected chi connectivity index (χ0v) is 12.4. The quantitative estimate of drug-likeness (QED) is 0.792. The van der Waals surface area contributed by atoms with Crippen molar-refractivity contribution in [1.29, 1.82) is 0 Å². The highest BCUT2D eigenvalue weighted by Gasteiger charge is 1.99. The zero-order chi connectivity index (χ0) is 13.7. The minimum atomic E-state index is 0.786. The second-order valence-corrected chi connectivity index (χ2v) is 5.50. The number of benzene rings is 2. The van der Waals surface area contributed by atoms with Crippen molar-refractivity contribution >= 4 is 23.2 Å². The van der Waals surface area contributed by atoms with Crippen LogP contribution in [0.3, 0.4) is 0 Å². The summed E-state index contributed by atoms with van der Waals surface area (Å²) in [6.07, 6.45) is 1.00. The van der Waals surface area contributed by atoms with Gasteiger partial charge in [0.2, 0.25) is 0 Å². The number of hydrogen-bond donors (Lipinski definition) is 1. The Morgan fingerprint density at radius 3 is 2.32 bits per heavy atom. The molecule has 0 amide bonds. The highest BCUT2D eigenvalue weighted by molar-refractivity contribution is 6.30. The van der Waals surface area contributed by atoms with E-state index in [1.54, 1.807) is 0 Å². The van der Waals surface area contributed by atoms with Gasteiger partial charge in [0.15, 0.2) is 0 Å². The van der Waals surface area contributed by atoms with Crippen molar-refractivity contribution in [3.05, 3.63) is 69.2 Å². The van der Waals surface area contributed by atoms with E-state index in [1.165, 1.54) is 16.7 Å². The van der Waals surface area contributed by atoms with E-state index >= 15 is 0 Å². The SMILES string of the molecule is Cc1cc(Cl)ccc1CNCCc1ccc(Cl)cc1. The van der Waals surface area contributed by atoms with E-state index in [0.717, 1.165) is 29.6 Å². The summed E-state index contributed by atoms with van der Waals surface area (Å²) in [5, 5.41) is 5.03. The Morgan fingerprint density at radius 2 is 1.63 bits per heavy atom. The van der Waals surface area contributed by atoms with E-state index in [9.17, 15) is 0 Å². The smallest absolute Gasteiger partial charge is 0.0408 e. The molecule has 0 radical (unpaired) electrons. The second-order valence-electron chi connectivity index (χ2n) is 4.62. The van der Waals surface area contributed by atoms with Crippen molar-refractivity contribution in [1.82, 2.24) is 5.32 Å². The van der Waals surface area contributed by atoms with Gasteiger partial charge in [-0.15, -0.1) is 0 Å². The van der Waals surface area contributed by atoms with E-state index in [4.69, 9.17) is 23.2 Å². The van der Waals surface area contributed by atoms with Gasteiger partial charge < -0.3 is 5.32 Å². The summed E-state index contributed by atoms with van der Waals surface area (Å²) in [5.41, 5.74) is 3.82. The highest BCUT2D eigenvalue weighted by atomic mass is 35.5. The third-order valence-electron chi connectivity index (χ3n) is 3.12. The Bertz CT molecular complexity index is 535. The van der Waals surface area contributed by atoms with Gasteiger partial charge in [-0.1, -0.05) is 41.4 Å². The summed E-state index contributed by atoms with van der Waals surface area (Å²) in [6, 6.07) is 14.0. The summed E-state index contributed by atoms with van der Waals surface area (Å²) in [6.45, 7) is 3.91. The van der Waals surface area contributed by atoms with Gasteiger partial charge in [-0.3, -0.25) is 0 Å². The predicted octanol–water partition coefficient (Wildman–Crippen LogP) is 4.63. The van der Waals surface area contributed by atoms with Gasteiger partial charge in [-0.05, 0) is 60.8 Å². The average molecular weight is 294 g/mol. The maximum atomic E-state index is 5.94. The summed E-state index contributed by atoms with van der Waals surface area (Å²) in [4.78, 5) is 0. The van der Waals surface area contributed by atoms with E-state index in [2.05, 4.69) is 30.4 Å². The molecule has 0 atom stereocenters. The topological polar surface area (TPSA) is 12.0 Å². The Hall–Kier alpha value is -1.02. The molecule has 3 heteroatoms. The molecule has 0 aliphatic carbocycles. The predicted molar refractivity (Wildman–Crippen MR) is 83.1 cm³/mol. The minimum absolute atomic E-state index is 0.786. The van der Waals surface area contributed by atoms with Crippen LogP contribution in [0.25, 0.3) is 0 Å². The number of aryl methyl sites for hydroxylation is 1. The van der Waals surface area contributed by atoms with E-state index in [1.807, 2.05) is 24.3 Å². The first-order valence-corrected chi connectivity index (χ1v) is 7.11. The first-order chi connectivity index (χ1) is 9.15. The van der Waals surface area contributed by atoms with Crippen molar-refractivity contribution in [2.75, 3.05) is 6.54 Å². The maximum absolute atomic E-state index is 5.94. The molecule has 0 heterocycles. The highest BCUT2D eigenvalue weighted by Crippen LogP contribution is 2.15. The molecule has 0 spiro atoms. The molecule has 2 aromatic rings. The van der Waals surface area contributed by atoms with E-state index in [0.29, 0.717) is 0 Å². The fourth-order valence-corrected chi connectivity index (χ4v) is 2.32. The Balaban J connectivity index is 1.79. The largest absolute Gasteiger partial charge is 0.312 e. The Kier molecular flexibility index (Phi) is 5.26. The zero-order valence-electron chi connectivity index (χ0n) is 10.9. The lowest BCUT2D eigenvalue weighted by Crippen LogP contribution is -2.17. The monoisotopic (exact) mass is 293 g/mol. The molecule has 0 fully saturated rings. The number of rotatable bonds is 5. The summed E-state index contributed by atoms with van der Waals surface area (Å²) in [7, 11) is 0. The first kappa shape index (κ1) is 14.4. The van der Waals surface area contributed by atoms with E-state index in [-0.39, 0.29) is 0 Å². The van der Waals surface area contributed by atoms with Crippen molar-refractivity contribution in [2.45, 2.75) is 19.9 Å². The van der Waals surface area contributed by atoms with Gasteiger partial charge in [0, 0.05) is 16.6 Å². The van der Waals surface area contributed by atoms with Gasteiger partial charge in [-0.25, -0.2) is 0 Å². The third kappa shape index (κ3) is 4.54. The molecule has 0 saturated carbocycles. The van der Waals surface area contributed by atoms with Crippen LogP contribution < -0.4 is 5.32 Å². The van der Waals surface area contributed by atoms with Crippen molar-refractivity contribution in [3.63, 3.8) is 0 Å². The lowest BCUT2D eigenvalue weighted by atomic mass is 10.1. The van der Waals surface area contributed by atoms with Crippen LogP contribution in [0, 0.1) is 6.92 Å². The maximum Gasteiger partial charge on any atom is 0.0408 e. The third-order valence-corrected chi connectivity index (χ3v) is 3.61. The number of halogens is 2. The van der Waals surface area contributed by atoms with Crippen LogP contribution in [-0.2, 0) is 13.0 Å². The summed E-state index contributed by atoms with van der Waals surface area (Å²) < 4.78 is 0. The van der Waals surface area contributed by atoms with Crippen LogP contribution in [0.5, 0.6) is 0 Å². The summed E-state index contributed by atoms with van der Waals surface area (Å²) >= 11 is 11.8. The normalized spacial score (nSPS) is 10.7. The van der Waals surface area contributed by atoms with Crippen molar-refractivity contribution < 1.29 is 0 Å². The molecular weight excluding hydrogens is 277 g/mol. The molecule has 0 aliphatic heterocycles. The molecule has 0 saturated heterocycles. The molecule has 1 nitrogen and oxygen atoms in total. The fraction of sp³-hybridized carbons (Fsp3) is 0.250.